The van der Waals surface area contributed by atoms with E-state index in [-0.39, 0.29) is 11.9 Å². The summed E-state index contributed by atoms with van der Waals surface area (Å²) in [7, 11) is 0. The van der Waals surface area contributed by atoms with Crippen LogP contribution in [0.5, 0.6) is 0 Å². The van der Waals surface area contributed by atoms with Crippen LogP contribution in [0.3, 0.4) is 0 Å². The Kier molecular flexibility index (Phi) is 11.8. The number of nitrogens with one attached hydrogen (secondary N) is 1. The first-order valence-electron chi connectivity index (χ1n) is 7.03. The van der Waals surface area contributed by atoms with E-state index in [9.17, 15) is 4.79 Å². The number of amides is 1. The van der Waals surface area contributed by atoms with Gasteiger partial charge in [0.05, 0.1) is 6.04 Å². The average molecular weight is 274 g/mol. The number of hydrogen-bond acceptors (Lipinski definition) is 6. The molecule has 19 heavy (non-hydrogen) atoms. The van der Waals surface area contributed by atoms with Crippen molar-refractivity contribution in [3.05, 3.63) is 0 Å². The van der Waals surface area contributed by atoms with Crippen molar-refractivity contribution in [1.82, 2.24) is 10.2 Å². The maximum absolute atomic E-state index is 12.2. The molecule has 7 heteroatoms. The van der Waals surface area contributed by atoms with Gasteiger partial charge < -0.3 is 28.3 Å². The van der Waals surface area contributed by atoms with E-state index in [1.807, 2.05) is 4.90 Å². The molecule has 1 amide bonds. The monoisotopic (exact) mass is 274 g/mol. The number of nitrogens with zero attached hydrogens (tertiary/aromatic N) is 1. The standard InChI is InChI=1S/C12H30N6O/c13-4-1-3-11(12(19)17-8-2-5-14)18(9-6-15)10-7-16/h11H,1-10,13-16H2,(H,17,19)/t11-/m1/s1. The fourth-order valence-corrected chi connectivity index (χ4v) is 1.98. The quantitative estimate of drug-likeness (QED) is 0.256. The summed E-state index contributed by atoms with van der Waals surface area (Å²) in [6.07, 6.45) is 2.31. The van der Waals surface area contributed by atoms with E-state index in [1.54, 1.807) is 0 Å². The zero-order valence-corrected chi connectivity index (χ0v) is 11.8. The number of carbonyl (C=O) groups excluding carboxylic acids is 1. The van der Waals surface area contributed by atoms with Crippen molar-refractivity contribution >= 4 is 5.91 Å². The number of carbonyl (C=O) groups is 1. The van der Waals surface area contributed by atoms with Crippen molar-refractivity contribution in [3.63, 3.8) is 0 Å². The van der Waals surface area contributed by atoms with E-state index in [2.05, 4.69) is 5.32 Å². The van der Waals surface area contributed by atoms with Crippen molar-refractivity contribution in [3.8, 4) is 0 Å². The van der Waals surface area contributed by atoms with Gasteiger partial charge in [0, 0.05) is 32.7 Å². The zero-order valence-electron chi connectivity index (χ0n) is 11.8. The van der Waals surface area contributed by atoms with Gasteiger partial charge in [-0.3, -0.25) is 9.69 Å². The molecular formula is C12H30N6O. The highest BCUT2D eigenvalue weighted by Gasteiger charge is 2.24. The van der Waals surface area contributed by atoms with E-state index in [4.69, 9.17) is 22.9 Å². The summed E-state index contributed by atoms with van der Waals surface area (Å²) < 4.78 is 0. The molecule has 0 aliphatic rings. The van der Waals surface area contributed by atoms with E-state index >= 15 is 0 Å². The smallest absolute Gasteiger partial charge is 0.237 e. The predicted molar refractivity (Wildman–Crippen MR) is 78.4 cm³/mol. The van der Waals surface area contributed by atoms with Crippen LogP contribution in [0.2, 0.25) is 0 Å². The Morgan fingerprint density at radius 2 is 1.53 bits per heavy atom. The molecule has 0 saturated carbocycles. The molecule has 0 aromatic carbocycles. The maximum Gasteiger partial charge on any atom is 0.237 e. The topological polar surface area (TPSA) is 136 Å². The second-order valence-corrected chi connectivity index (χ2v) is 4.49. The van der Waals surface area contributed by atoms with Gasteiger partial charge >= 0.3 is 0 Å². The largest absolute Gasteiger partial charge is 0.355 e. The van der Waals surface area contributed by atoms with Crippen LogP contribution >= 0.6 is 0 Å². The van der Waals surface area contributed by atoms with Gasteiger partial charge in [0.25, 0.3) is 0 Å². The third-order valence-corrected chi connectivity index (χ3v) is 2.94. The highest BCUT2D eigenvalue weighted by Crippen LogP contribution is 2.06. The van der Waals surface area contributed by atoms with E-state index in [0.717, 1.165) is 19.3 Å². The first-order chi connectivity index (χ1) is 9.21. The fourth-order valence-electron chi connectivity index (χ4n) is 1.98. The van der Waals surface area contributed by atoms with Crippen LogP contribution in [0.15, 0.2) is 0 Å². The molecule has 0 rings (SSSR count). The first-order valence-corrected chi connectivity index (χ1v) is 7.03. The van der Waals surface area contributed by atoms with Crippen LogP contribution in [0.4, 0.5) is 0 Å². The summed E-state index contributed by atoms with van der Waals surface area (Å²) >= 11 is 0. The van der Waals surface area contributed by atoms with Gasteiger partial charge in [-0.25, -0.2) is 0 Å². The molecule has 0 aliphatic heterocycles. The lowest BCUT2D eigenvalue weighted by molar-refractivity contribution is -0.126. The lowest BCUT2D eigenvalue weighted by Crippen LogP contribution is -2.50. The van der Waals surface area contributed by atoms with Crippen molar-refractivity contribution in [2.75, 3.05) is 45.8 Å². The van der Waals surface area contributed by atoms with Crippen LogP contribution in [-0.4, -0.2) is 62.7 Å². The molecule has 114 valence electrons. The van der Waals surface area contributed by atoms with Crippen LogP contribution < -0.4 is 28.3 Å². The predicted octanol–water partition coefficient (Wildman–Crippen LogP) is -2.22. The highest BCUT2D eigenvalue weighted by molar-refractivity contribution is 5.81. The molecule has 0 saturated heterocycles. The molecule has 0 aliphatic carbocycles. The van der Waals surface area contributed by atoms with Crippen LogP contribution in [0.1, 0.15) is 19.3 Å². The molecule has 9 N–H and O–H groups in total. The summed E-state index contributed by atoms with van der Waals surface area (Å²) in [6.45, 7) is 4.10. The SMILES string of the molecule is NCCCNC(=O)[C@@H](CCCN)N(CCN)CCN. The Morgan fingerprint density at radius 3 is 2.00 bits per heavy atom. The minimum Gasteiger partial charge on any atom is -0.355 e. The summed E-state index contributed by atoms with van der Waals surface area (Å²) in [5.74, 6) is 0.0174. The minimum absolute atomic E-state index is 0.0174. The van der Waals surface area contributed by atoms with Crippen molar-refractivity contribution in [2.45, 2.75) is 25.3 Å². The number of nitrogens with two attached hydrogens (primary N) is 4. The van der Waals surface area contributed by atoms with Gasteiger partial charge in [-0.1, -0.05) is 0 Å². The van der Waals surface area contributed by atoms with Crippen LogP contribution in [0.25, 0.3) is 0 Å². The Labute approximate surface area is 116 Å². The molecule has 1 atom stereocenters. The lowest BCUT2D eigenvalue weighted by Gasteiger charge is -2.30. The van der Waals surface area contributed by atoms with Gasteiger partial charge in [-0.15, -0.1) is 0 Å². The van der Waals surface area contributed by atoms with E-state index in [0.29, 0.717) is 45.8 Å². The molecular weight excluding hydrogens is 244 g/mol. The van der Waals surface area contributed by atoms with Gasteiger partial charge in [-0.05, 0) is 32.4 Å². The van der Waals surface area contributed by atoms with Gasteiger partial charge in [0.15, 0.2) is 0 Å². The third kappa shape index (κ3) is 8.12. The molecule has 0 bridgehead atoms. The van der Waals surface area contributed by atoms with Crippen molar-refractivity contribution in [2.24, 2.45) is 22.9 Å². The number of hydrogen-bond donors (Lipinski definition) is 5. The summed E-state index contributed by atoms with van der Waals surface area (Å²) in [5, 5.41) is 2.91. The summed E-state index contributed by atoms with van der Waals surface area (Å²) in [4.78, 5) is 14.2. The lowest BCUT2D eigenvalue weighted by atomic mass is 10.1. The van der Waals surface area contributed by atoms with E-state index in [1.165, 1.54) is 0 Å². The Hall–Kier alpha value is -0.730. The van der Waals surface area contributed by atoms with Gasteiger partial charge in [0.1, 0.15) is 0 Å². The fraction of sp³-hybridized carbons (Fsp3) is 0.917. The van der Waals surface area contributed by atoms with Crippen molar-refractivity contribution < 1.29 is 4.79 Å². The Morgan fingerprint density at radius 1 is 0.947 bits per heavy atom. The number of rotatable bonds is 12. The Bertz CT molecular complexity index is 220. The second-order valence-electron chi connectivity index (χ2n) is 4.49. The van der Waals surface area contributed by atoms with Crippen molar-refractivity contribution in [1.29, 1.82) is 0 Å². The molecule has 0 radical (unpaired) electrons. The van der Waals surface area contributed by atoms with E-state index < -0.39 is 0 Å². The highest BCUT2D eigenvalue weighted by atomic mass is 16.2. The second kappa shape index (κ2) is 12.3. The van der Waals surface area contributed by atoms with Crippen LogP contribution in [-0.2, 0) is 4.79 Å². The minimum atomic E-state index is -0.201. The van der Waals surface area contributed by atoms with Crippen LogP contribution in [0, 0.1) is 0 Å². The molecule has 0 unspecified atom stereocenters. The third-order valence-electron chi connectivity index (χ3n) is 2.94. The molecule has 0 spiro atoms. The normalized spacial score (nSPS) is 12.7. The maximum atomic E-state index is 12.2. The molecule has 0 aromatic heterocycles. The summed E-state index contributed by atoms with van der Waals surface area (Å²) in [5.41, 5.74) is 22.1. The molecule has 0 heterocycles. The first kappa shape index (κ1) is 18.3. The zero-order chi connectivity index (χ0) is 14.5. The average Bonchev–Trinajstić information content (AvgIpc) is 2.40. The molecule has 7 nitrogen and oxygen atoms in total. The Balaban J connectivity index is 4.49. The molecule has 0 fully saturated rings. The molecule has 0 aromatic rings. The summed E-state index contributed by atoms with van der Waals surface area (Å²) in [6, 6.07) is -0.201. The van der Waals surface area contributed by atoms with Gasteiger partial charge in [-0.2, -0.15) is 0 Å². The van der Waals surface area contributed by atoms with Gasteiger partial charge in [0.2, 0.25) is 5.91 Å².